The summed E-state index contributed by atoms with van der Waals surface area (Å²) in [5.74, 6) is -0.656. The fourth-order valence-corrected chi connectivity index (χ4v) is 1.93. The van der Waals surface area contributed by atoms with Crippen LogP contribution in [0.1, 0.15) is 15.9 Å². The van der Waals surface area contributed by atoms with Crippen LogP contribution in [0.2, 0.25) is 5.02 Å². The van der Waals surface area contributed by atoms with Gasteiger partial charge in [-0.25, -0.2) is 9.37 Å². The van der Waals surface area contributed by atoms with Gasteiger partial charge in [0.05, 0.1) is 11.8 Å². The lowest BCUT2D eigenvalue weighted by Gasteiger charge is -2.10. The largest absolute Gasteiger partial charge is 0.372 e. The summed E-state index contributed by atoms with van der Waals surface area (Å²) in [5, 5.41) is 6.01. The number of rotatable bonds is 4. The molecule has 4 nitrogen and oxygen atoms in total. The molecule has 1 aromatic heterocycles. The zero-order valence-corrected chi connectivity index (χ0v) is 11.5. The topological polar surface area (TPSA) is 54.0 Å². The minimum atomic E-state index is -0.563. The van der Waals surface area contributed by atoms with Crippen molar-refractivity contribution in [2.75, 3.05) is 12.4 Å². The van der Waals surface area contributed by atoms with Gasteiger partial charge >= 0.3 is 0 Å². The molecule has 0 aliphatic rings. The SMILES string of the molecule is CNc1ncc(F)cc1C(=O)NCc1ccccc1Cl. The quantitative estimate of drug-likeness (QED) is 0.911. The lowest BCUT2D eigenvalue weighted by Crippen LogP contribution is -2.24. The average Bonchev–Trinajstić information content (AvgIpc) is 2.46. The van der Waals surface area contributed by atoms with Crippen LogP contribution in [0.3, 0.4) is 0 Å². The highest BCUT2D eigenvalue weighted by Crippen LogP contribution is 2.16. The molecule has 0 atom stereocenters. The molecule has 0 saturated carbocycles. The Bertz CT molecular complexity index is 634. The summed E-state index contributed by atoms with van der Waals surface area (Å²) in [4.78, 5) is 15.9. The van der Waals surface area contributed by atoms with E-state index >= 15 is 0 Å². The normalized spacial score (nSPS) is 10.2. The Balaban J connectivity index is 2.13. The van der Waals surface area contributed by atoms with Gasteiger partial charge in [0.25, 0.3) is 5.91 Å². The fourth-order valence-electron chi connectivity index (χ4n) is 1.72. The maximum absolute atomic E-state index is 13.2. The van der Waals surface area contributed by atoms with E-state index in [1.807, 2.05) is 18.2 Å². The Morgan fingerprint density at radius 2 is 2.15 bits per heavy atom. The molecule has 0 aliphatic carbocycles. The first kappa shape index (κ1) is 14.3. The second-order valence-electron chi connectivity index (χ2n) is 4.07. The van der Waals surface area contributed by atoms with E-state index in [2.05, 4.69) is 15.6 Å². The number of pyridine rings is 1. The number of hydrogen-bond acceptors (Lipinski definition) is 3. The number of benzene rings is 1. The van der Waals surface area contributed by atoms with Crippen molar-refractivity contribution in [3.8, 4) is 0 Å². The molecule has 0 aliphatic heterocycles. The van der Waals surface area contributed by atoms with Gasteiger partial charge in [-0.2, -0.15) is 0 Å². The summed E-state index contributed by atoms with van der Waals surface area (Å²) in [6, 6.07) is 8.33. The highest BCUT2D eigenvalue weighted by molar-refractivity contribution is 6.31. The third kappa shape index (κ3) is 3.24. The number of amides is 1. The van der Waals surface area contributed by atoms with E-state index in [9.17, 15) is 9.18 Å². The summed E-state index contributed by atoms with van der Waals surface area (Å²) >= 11 is 6.00. The fraction of sp³-hybridized carbons (Fsp3) is 0.143. The van der Waals surface area contributed by atoms with Crippen molar-refractivity contribution in [2.45, 2.75) is 6.54 Å². The third-order valence-corrected chi connectivity index (χ3v) is 3.10. The van der Waals surface area contributed by atoms with E-state index < -0.39 is 11.7 Å². The van der Waals surface area contributed by atoms with E-state index in [1.165, 1.54) is 0 Å². The molecule has 0 fully saturated rings. The van der Waals surface area contributed by atoms with Gasteiger partial charge in [0.15, 0.2) is 0 Å². The Hall–Kier alpha value is -2.14. The van der Waals surface area contributed by atoms with Crippen LogP contribution >= 0.6 is 11.6 Å². The first-order valence-corrected chi connectivity index (χ1v) is 6.34. The lowest BCUT2D eigenvalue weighted by molar-refractivity contribution is 0.0951. The van der Waals surface area contributed by atoms with Gasteiger partial charge in [-0.05, 0) is 17.7 Å². The van der Waals surface area contributed by atoms with Gasteiger partial charge in [-0.3, -0.25) is 4.79 Å². The minimum Gasteiger partial charge on any atom is -0.372 e. The van der Waals surface area contributed by atoms with Crippen molar-refractivity contribution in [3.05, 3.63) is 58.5 Å². The smallest absolute Gasteiger partial charge is 0.255 e. The van der Waals surface area contributed by atoms with Crippen LogP contribution in [0.4, 0.5) is 10.2 Å². The van der Waals surface area contributed by atoms with Crippen molar-refractivity contribution in [1.82, 2.24) is 10.3 Å². The molecule has 1 amide bonds. The summed E-state index contributed by atoms with van der Waals surface area (Å²) < 4.78 is 13.2. The summed E-state index contributed by atoms with van der Waals surface area (Å²) in [6.45, 7) is 0.262. The number of anilines is 1. The maximum Gasteiger partial charge on any atom is 0.255 e. The van der Waals surface area contributed by atoms with Crippen molar-refractivity contribution in [1.29, 1.82) is 0 Å². The molecule has 2 aromatic rings. The van der Waals surface area contributed by atoms with Gasteiger partial charge in [0.1, 0.15) is 11.6 Å². The Labute approximate surface area is 121 Å². The van der Waals surface area contributed by atoms with E-state index in [0.717, 1.165) is 17.8 Å². The minimum absolute atomic E-state index is 0.152. The van der Waals surface area contributed by atoms with Crippen LogP contribution < -0.4 is 10.6 Å². The molecule has 2 N–H and O–H groups in total. The number of carbonyl (C=O) groups is 1. The zero-order chi connectivity index (χ0) is 14.5. The van der Waals surface area contributed by atoms with Gasteiger partial charge in [0, 0.05) is 18.6 Å². The molecule has 0 unspecified atom stereocenters. The molecule has 2 rings (SSSR count). The summed E-state index contributed by atoms with van der Waals surface area (Å²) in [7, 11) is 1.62. The molecule has 104 valence electrons. The standard InChI is InChI=1S/C14H13ClFN3O/c1-17-13-11(6-10(16)8-18-13)14(20)19-7-9-4-2-3-5-12(9)15/h2-6,8H,7H2,1H3,(H,17,18)(H,19,20). The van der Waals surface area contributed by atoms with Gasteiger partial charge in [-0.1, -0.05) is 29.8 Å². The van der Waals surface area contributed by atoms with Crippen LogP contribution in [0, 0.1) is 5.82 Å². The van der Waals surface area contributed by atoms with Crippen molar-refractivity contribution >= 4 is 23.3 Å². The molecule has 0 spiro atoms. The second-order valence-corrected chi connectivity index (χ2v) is 4.48. The summed E-state index contributed by atoms with van der Waals surface area (Å²) in [5.41, 5.74) is 0.942. The van der Waals surface area contributed by atoms with Gasteiger partial charge in [-0.15, -0.1) is 0 Å². The number of carbonyl (C=O) groups excluding carboxylic acids is 1. The molecule has 20 heavy (non-hydrogen) atoms. The average molecular weight is 294 g/mol. The van der Waals surface area contributed by atoms with E-state index in [1.54, 1.807) is 13.1 Å². The number of nitrogens with zero attached hydrogens (tertiary/aromatic N) is 1. The molecule has 1 aromatic carbocycles. The highest BCUT2D eigenvalue weighted by Gasteiger charge is 2.13. The van der Waals surface area contributed by atoms with Crippen LogP contribution in [0.25, 0.3) is 0 Å². The number of halogens is 2. The number of nitrogens with one attached hydrogen (secondary N) is 2. The summed E-state index contributed by atoms with van der Waals surface area (Å²) in [6.07, 6.45) is 1.05. The first-order valence-electron chi connectivity index (χ1n) is 5.96. The van der Waals surface area contributed by atoms with Gasteiger partial charge in [0.2, 0.25) is 0 Å². The predicted molar refractivity (Wildman–Crippen MR) is 76.4 cm³/mol. The molecule has 0 saturated heterocycles. The third-order valence-electron chi connectivity index (χ3n) is 2.73. The molecule has 1 heterocycles. The van der Waals surface area contributed by atoms with E-state index in [4.69, 9.17) is 11.6 Å². The van der Waals surface area contributed by atoms with Crippen LogP contribution in [-0.2, 0) is 6.54 Å². The Morgan fingerprint density at radius 1 is 1.40 bits per heavy atom. The number of hydrogen-bond donors (Lipinski definition) is 2. The molecular formula is C14H13ClFN3O. The Kier molecular flexibility index (Phi) is 4.53. The molecule has 0 bridgehead atoms. The molecular weight excluding hydrogens is 281 g/mol. The van der Waals surface area contributed by atoms with E-state index in [0.29, 0.717) is 10.8 Å². The predicted octanol–water partition coefficient (Wildman–Crippen LogP) is 2.85. The van der Waals surface area contributed by atoms with Crippen molar-refractivity contribution in [2.24, 2.45) is 0 Å². The lowest BCUT2D eigenvalue weighted by atomic mass is 10.2. The van der Waals surface area contributed by atoms with Crippen LogP contribution in [0.5, 0.6) is 0 Å². The monoisotopic (exact) mass is 293 g/mol. The highest BCUT2D eigenvalue weighted by atomic mass is 35.5. The number of aromatic nitrogens is 1. The molecule has 6 heteroatoms. The van der Waals surface area contributed by atoms with E-state index in [-0.39, 0.29) is 12.1 Å². The Morgan fingerprint density at radius 3 is 2.85 bits per heavy atom. The van der Waals surface area contributed by atoms with Gasteiger partial charge < -0.3 is 10.6 Å². The van der Waals surface area contributed by atoms with Crippen LogP contribution in [0.15, 0.2) is 36.5 Å². The second kappa shape index (κ2) is 6.34. The van der Waals surface area contributed by atoms with Crippen molar-refractivity contribution in [3.63, 3.8) is 0 Å². The van der Waals surface area contributed by atoms with Crippen molar-refractivity contribution < 1.29 is 9.18 Å². The maximum atomic E-state index is 13.2. The zero-order valence-electron chi connectivity index (χ0n) is 10.8. The van der Waals surface area contributed by atoms with Crippen LogP contribution in [-0.4, -0.2) is 17.9 Å². The molecule has 0 radical (unpaired) electrons. The first-order chi connectivity index (χ1) is 9.61.